The monoisotopic (exact) mass is 267 g/mol. The van der Waals surface area contributed by atoms with E-state index in [1.54, 1.807) is 10.9 Å². The molecule has 0 bridgehead atoms. The molecule has 2 rings (SSSR count). The fourth-order valence-electron chi connectivity index (χ4n) is 1.34. The summed E-state index contributed by atoms with van der Waals surface area (Å²) >= 11 is 5.84. The van der Waals surface area contributed by atoms with Crippen molar-refractivity contribution < 1.29 is 0 Å². The van der Waals surface area contributed by atoms with E-state index >= 15 is 0 Å². The van der Waals surface area contributed by atoms with Crippen molar-refractivity contribution in [2.45, 2.75) is 19.9 Å². The number of nitrogens with zero attached hydrogens (tertiary/aromatic N) is 5. The van der Waals surface area contributed by atoms with Gasteiger partial charge in [0.2, 0.25) is 17.2 Å². The van der Waals surface area contributed by atoms with E-state index in [1.807, 2.05) is 27.1 Å². The summed E-state index contributed by atoms with van der Waals surface area (Å²) < 4.78 is 1.68. The molecule has 7 nitrogen and oxygen atoms in total. The maximum absolute atomic E-state index is 5.84. The second-order valence-corrected chi connectivity index (χ2v) is 4.42. The van der Waals surface area contributed by atoms with Crippen LogP contribution in [0.15, 0.2) is 12.4 Å². The van der Waals surface area contributed by atoms with Crippen molar-refractivity contribution in [2.24, 2.45) is 7.05 Å². The van der Waals surface area contributed by atoms with E-state index in [2.05, 4.69) is 30.7 Å². The zero-order valence-corrected chi connectivity index (χ0v) is 11.1. The summed E-state index contributed by atoms with van der Waals surface area (Å²) in [6.07, 6.45) is 3.49. The van der Waals surface area contributed by atoms with Crippen LogP contribution in [0.3, 0.4) is 0 Å². The molecule has 96 valence electrons. The second-order valence-electron chi connectivity index (χ2n) is 4.08. The molecule has 0 fully saturated rings. The molecule has 2 N–H and O–H groups in total. The van der Waals surface area contributed by atoms with E-state index in [0.717, 1.165) is 5.69 Å². The Morgan fingerprint density at radius 2 is 1.94 bits per heavy atom. The van der Waals surface area contributed by atoms with E-state index in [9.17, 15) is 0 Å². The highest BCUT2D eigenvalue weighted by Crippen LogP contribution is 2.15. The van der Waals surface area contributed by atoms with Gasteiger partial charge in [-0.2, -0.15) is 20.1 Å². The van der Waals surface area contributed by atoms with Gasteiger partial charge in [0, 0.05) is 19.3 Å². The predicted octanol–water partition coefficient (Wildman–Crippen LogP) is 1.82. The molecular weight excluding hydrogens is 254 g/mol. The first kappa shape index (κ1) is 12.6. The Morgan fingerprint density at radius 3 is 2.56 bits per heavy atom. The quantitative estimate of drug-likeness (QED) is 0.880. The third kappa shape index (κ3) is 3.30. The molecule has 0 aliphatic heterocycles. The lowest BCUT2D eigenvalue weighted by Crippen LogP contribution is -2.13. The van der Waals surface area contributed by atoms with Crippen LogP contribution >= 0.6 is 11.6 Å². The largest absolute Gasteiger partial charge is 0.352 e. The van der Waals surface area contributed by atoms with Gasteiger partial charge in [0.15, 0.2) is 0 Å². The lowest BCUT2D eigenvalue weighted by atomic mass is 10.4. The van der Waals surface area contributed by atoms with Gasteiger partial charge in [0.25, 0.3) is 0 Å². The standard InChI is InChI=1S/C10H14ClN7/c1-6(2)13-9-15-8(11)16-10(17-9)14-7-4-12-18(3)5-7/h4-6H,1-3H3,(H2,13,14,15,16,17). The zero-order chi connectivity index (χ0) is 13.1. The molecule has 0 saturated heterocycles. The Morgan fingerprint density at radius 1 is 1.22 bits per heavy atom. The van der Waals surface area contributed by atoms with Gasteiger partial charge in [0.05, 0.1) is 11.9 Å². The molecule has 0 unspecified atom stereocenters. The highest BCUT2D eigenvalue weighted by molar-refractivity contribution is 6.28. The van der Waals surface area contributed by atoms with E-state index in [-0.39, 0.29) is 11.3 Å². The van der Waals surface area contributed by atoms with Crippen molar-refractivity contribution in [3.05, 3.63) is 17.7 Å². The molecule has 2 aromatic heterocycles. The predicted molar refractivity (Wildman–Crippen MR) is 70.1 cm³/mol. The number of anilines is 3. The first-order valence-electron chi connectivity index (χ1n) is 5.46. The van der Waals surface area contributed by atoms with Gasteiger partial charge in [0.1, 0.15) is 0 Å². The molecule has 0 amide bonds. The molecule has 0 aromatic carbocycles. The Balaban J connectivity index is 2.19. The average Bonchev–Trinajstić information content (AvgIpc) is 2.61. The Bertz CT molecular complexity index is 537. The summed E-state index contributed by atoms with van der Waals surface area (Å²) in [6.45, 7) is 3.98. The van der Waals surface area contributed by atoms with Gasteiger partial charge < -0.3 is 10.6 Å². The highest BCUT2D eigenvalue weighted by atomic mass is 35.5. The minimum absolute atomic E-state index is 0.138. The first-order valence-corrected chi connectivity index (χ1v) is 5.84. The topological polar surface area (TPSA) is 80.5 Å². The van der Waals surface area contributed by atoms with E-state index < -0.39 is 0 Å². The van der Waals surface area contributed by atoms with Gasteiger partial charge in [-0.3, -0.25) is 4.68 Å². The molecule has 18 heavy (non-hydrogen) atoms. The van der Waals surface area contributed by atoms with Crippen LogP contribution in [-0.2, 0) is 7.05 Å². The molecule has 0 saturated carbocycles. The van der Waals surface area contributed by atoms with Crippen LogP contribution in [-0.4, -0.2) is 30.8 Å². The lowest BCUT2D eigenvalue weighted by Gasteiger charge is -2.09. The van der Waals surface area contributed by atoms with Crippen molar-refractivity contribution in [3.8, 4) is 0 Å². The fourth-order valence-corrected chi connectivity index (χ4v) is 1.50. The molecule has 0 aliphatic carbocycles. The minimum Gasteiger partial charge on any atom is -0.352 e. The second kappa shape index (κ2) is 5.18. The maximum Gasteiger partial charge on any atom is 0.233 e. The van der Waals surface area contributed by atoms with Crippen molar-refractivity contribution in [3.63, 3.8) is 0 Å². The Kier molecular flexibility index (Phi) is 3.61. The van der Waals surface area contributed by atoms with Gasteiger partial charge in [-0.05, 0) is 25.4 Å². The summed E-state index contributed by atoms with van der Waals surface area (Å²) in [4.78, 5) is 12.2. The number of nitrogens with one attached hydrogen (secondary N) is 2. The summed E-state index contributed by atoms with van der Waals surface area (Å²) in [7, 11) is 1.83. The number of rotatable bonds is 4. The number of hydrogen-bond acceptors (Lipinski definition) is 6. The first-order chi connectivity index (χ1) is 8.52. The SMILES string of the molecule is CC(C)Nc1nc(Cl)nc(Nc2cnn(C)c2)n1. The summed E-state index contributed by atoms with van der Waals surface area (Å²) in [5, 5.41) is 10.3. The molecule has 2 aromatic rings. The third-order valence-corrected chi connectivity index (χ3v) is 2.16. The van der Waals surface area contributed by atoms with Crippen molar-refractivity contribution in [2.75, 3.05) is 10.6 Å². The van der Waals surface area contributed by atoms with Crippen LogP contribution in [0.2, 0.25) is 5.28 Å². The molecule has 0 atom stereocenters. The third-order valence-electron chi connectivity index (χ3n) is 1.99. The molecule has 0 spiro atoms. The molecule has 2 heterocycles. The van der Waals surface area contributed by atoms with E-state index in [1.165, 1.54) is 0 Å². The van der Waals surface area contributed by atoms with Gasteiger partial charge in [-0.15, -0.1) is 0 Å². The van der Waals surface area contributed by atoms with E-state index in [0.29, 0.717) is 11.9 Å². The van der Waals surface area contributed by atoms with Crippen molar-refractivity contribution >= 4 is 29.2 Å². The van der Waals surface area contributed by atoms with Gasteiger partial charge in [-0.1, -0.05) is 0 Å². The molecule has 0 aliphatic rings. The average molecular weight is 268 g/mol. The van der Waals surface area contributed by atoms with Crippen LogP contribution in [0.5, 0.6) is 0 Å². The van der Waals surface area contributed by atoms with Crippen LogP contribution < -0.4 is 10.6 Å². The minimum atomic E-state index is 0.138. The summed E-state index contributed by atoms with van der Waals surface area (Å²) in [5.41, 5.74) is 0.787. The summed E-state index contributed by atoms with van der Waals surface area (Å²) in [6, 6.07) is 0.217. The molecule has 8 heteroatoms. The van der Waals surface area contributed by atoms with Crippen LogP contribution in [0.25, 0.3) is 0 Å². The fraction of sp³-hybridized carbons (Fsp3) is 0.400. The highest BCUT2D eigenvalue weighted by Gasteiger charge is 2.07. The number of aromatic nitrogens is 5. The van der Waals surface area contributed by atoms with Crippen LogP contribution in [0.4, 0.5) is 17.6 Å². The lowest BCUT2D eigenvalue weighted by molar-refractivity contribution is 0.768. The maximum atomic E-state index is 5.84. The number of halogens is 1. The van der Waals surface area contributed by atoms with E-state index in [4.69, 9.17) is 11.6 Å². The molecule has 0 radical (unpaired) electrons. The van der Waals surface area contributed by atoms with Crippen molar-refractivity contribution in [1.82, 2.24) is 24.7 Å². The van der Waals surface area contributed by atoms with Crippen molar-refractivity contribution in [1.29, 1.82) is 0 Å². The number of hydrogen-bond donors (Lipinski definition) is 2. The normalized spacial score (nSPS) is 10.7. The van der Waals surface area contributed by atoms with Gasteiger partial charge >= 0.3 is 0 Å². The Hall–Kier alpha value is -1.89. The molecular formula is C10H14ClN7. The van der Waals surface area contributed by atoms with Gasteiger partial charge in [-0.25, -0.2) is 0 Å². The number of aryl methyl sites for hydroxylation is 1. The van der Waals surface area contributed by atoms with Crippen LogP contribution in [0.1, 0.15) is 13.8 Å². The summed E-state index contributed by atoms with van der Waals surface area (Å²) in [5.74, 6) is 0.822. The Labute approximate surface area is 110 Å². The zero-order valence-electron chi connectivity index (χ0n) is 10.3. The smallest absolute Gasteiger partial charge is 0.233 e. The van der Waals surface area contributed by atoms with Crippen LogP contribution in [0, 0.1) is 0 Å².